The normalized spacial score (nSPS) is 15.0. The Hall–Kier alpha value is -2.30. The number of hydrogen-bond acceptors (Lipinski definition) is 7. The molecule has 0 saturated carbocycles. The van der Waals surface area contributed by atoms with E-state index >= 15 is 0 Å². The molecule has 2 heterocycles. The van der Waals surface area contributed by atoms with Crippen LogP contribution in [0.25, 0.3) is 0 Å². The van der Waals surface area contributed by atoms with Crippen LogP contribution in [-0.4, -0.2) is 49.3 Å². The average molecular weight is 452 g/mol. The van der Waals surface area contributed by atoms with Gasteiger partial charge in [-0.15, -0.1) is 11.3 Å². The highest BCUT2D eigenvalue weighted by Crippen LogP contribution is 2.25. The van der Waals surface area contributed by atoms with Crippen LogP contribution in [0, 0.1) is 13.8 Å². The quantitative estimate of drug-likeness (QED) is 0.649. The first-order valence-corrected chi connectivity index (χ1v) is 12.0. The van der Waals surface area contributed by atoms with Gasteiger partial charge in [-0.3, -0.25) is 9.59 Å². The number of piperidine rings is 1. The van der Waals surface area contributed by atoms with E-state index in [1.54, 1.807) is 24.4 Å². The van der Waals surface area contributed by atoms with Crippen LogP contribution in [0.5, 0.6) is 0 Å². The molecule has 0 radical (unpaired) electrons. The second-order valence-electron chi connectivity index (χ2n) is 7.18. The van der Waals surface area contributed by atoms with E-state index < -0.39 is 28.5 Å². The Kier molecular flexibility index (Phi) is 7.22. The average Bonchev–Trinajstić information content (AvgIpc) is 3.13. The molecule has 1 fully saturated rings. The van der Waals surface area contributed by atoms with Gasteiger partial charge in [-0.05, 0) is 44.4 Å². The number of rotatable bonds is 7. The third-order valence-corrected chi connectivity index (χ3v) is 7.51. The maximum Gasteiger partial charge on any atom is 0.312 e. The fraction of sp³-hybridized carbons (Fsp3) is 0.450. The minimum Gasteiger partial charge on any atom is -0.455 e. The van der Waals surface area contributed by atoms with Gasteiger partial charge in [0, 0.05) is 24.2 Å². The zero-order valence-electron chi connectivity index (χ0n) is 17.0. The van der Waals surface area contributed by atoms with Crippen molar-refractivity contribution in [2.45, 2.75) is 44.4 Å². The number of hydrogen-bond donors (Lipinski definition) is 1. The van der Waals surface area contributed by atoms with Gasteiger partial charge in [-0.1, -0.05) is 12.5 Å². The maximum absolute atomic E-state index is 12.9. The van der Waals surface area contributed by atoms with Gasteiger partial charge in [-0.2, -0.15) is 4.31 Å². The van der Waals surface area contributed by atoms with E-state index in [9.17, 15) is 18.0 Å². The summed E-state index contributed by atoms with van der Waals surface area (Å²) in [5.74, 6) is -1.08. The molecule has 1 amide bonds. The van der Waals surface area contributed by atoms with Gasteiger partial charge in [0.1, 0.15) is 0 Å². The lowest BCUT2D eigenvalue weighted by atomic mass is 10.2. The van der Waals surface area contributed by atoms with Crippen molar-refractivity contribution in [3.8, 4) is 0 Å². The number of carbonyl (C=O) groups is 2. The molecule has 1 saturated heterocycles. The molecule has 30 heavy (non-hydrogen) atoms. The molecule has 1 aliphatic rings. The molecule has 0 atom stereocenters. The summed E-state index contributed by atoms with van der Waals surface area (Å²) < 4.78 is 32.2. The molecule has 1 aromatic carbocycles. The molecule has 162 valence electrons. The first-order valence-electron chi connectivity index (χ1n) is 9.73. The van der Waals surface area contributed by atoms with Crippen molar-refractivity contribution in [2.75, 3.05) is 25.0 Å². The van der Waals surface area contributed by atoms with Gasteiger partial charge >= 0.3 is 5.97 Å². The Morgan fingerprint density at radius 1 is 1.20 bits per heavy atom. The number of carbonyl (C=O) groups excluding carboxylic acids is 2. The van der Waals surface area contributed by atoms with Crippen molar-refractivity contribution in [3.63, 3.8) is 0 Å². The minimum absolute atomic E-state index is 0.000210. The number of anilines is 1. The number of esters is 1. The molecule has 0 aliphatic carbocycles. The number of sulfonamides is 1. The summed E-state index contributed by atoms with van der Waals surface area (Å²) in [5.41, 5.74) is 1.70. The first kappa shape index (κ1) is 22.4. The summed E-state index contributed by atoms with van der Waals surface area (Å²) in [7, 11) is -3.60. The number of amides is 1. The number of aryl methyl sites for hydroxylation is 2. The molecule has 3 rings (SSSR count). The van der Waals surface area contributed by atoms with Gasteiger partial charge in [0.05, 0.1) is 22.0 Å². The Morgan fingerprint density at radius 3 is 2.60 bits per heavy atom. The number of nitrogens with one attached hydrogen (secondary N) is 1. The van der Waals surface area contributed by atoms with Crippen molar-refractivity contribution in [1.82, 2.24) is 9.29 Å². The van der Waals surface area contributed by atoms with Crippen molar-refractivity contribution in [2.24, 2.45) is 0 Å². The highest BCUT2D eigenvalue weighted by Gasteiger charge is 2.26. The molecule has 0 bridgehead atoms. The number of ether oxygens (including phenoxy) is 1. The van der Waals surface area contributed by atoms with E-state index in [4.69, 9.17) is 4.74 Å². The second-order valence-corrected chi connectivity index (χ2v) is 10.2. The number of nitrogens with zero attached hydrogens (tertiary/aromatic N) is 2. The van der Waals surface area contributed by atoms with Crippen LogP contribution < -0.4 is 5.32 Å². The van der Waals surface area contributed by atoms with Crippen LogP contribution in [0.2, 0.25) is 0 Å². The van der Waals surface area contributed by atoms with Crippen LogP contribution in [-0.2, 0) is 30.8 Å². The lowest BCUT2D eigenvalue weighted by molar-refractivity contribution is -0.146. The van der Waals surface area contributed by atoms with Gasteiger partial charge in [-0.25, -0.2) is 13.4 Å². The summed E-state index contributed by atoms with van der Waals surface area (Å²) in [4.78, 5) is 28.4. The summed E-state index contributed by atoms with van der Waals surface area (Å²) in [6, 6.07) is 4.66. The molecule has 10 heteroatoms. The maximum atomic E-state index is 12.9. The molecular formula is C20H25N3O5S2. The van der Waals surface area contributed by atoms with Crippen LogP contribution in [0.1, 0.15) is 35.5 Å². The standard InChI is InChI=1S/C20H25N3O5S2/c1-14-6-7-17(30(26,27)23-8-4-3-5-9-23)11-18(14)22-19(24)12-28-20(25)10-16-13-29-15(2)21-16/h6-7,11,13H,3-5,8-10,12H2,1-2H3,(H,22,24). The fourth-order valence-electron chi connectivity index (χ4n) is 3.17. The predicted molar refractivity (Wildman–Crippen MR) is 114 cm³/mol. The Balaban J connectivity index is 1.60. The van der Waals surface area contributed by atoms with E-state index in [0.717, 1.165) is 24.3 Å². The Labute approximate surface area is 180 Å². The molecule has 8 nitrogen and oxygen atoms in total. The largest absolute Gasteiger partial charge is 0.455 e. The van der Waals surface area contributed by atoms with Crippen LogP contribution in [0.4, 0.5) is 5.69 Å². The second kappa shape index (κ2) is 9.67. The number of aromatic nitrogens is 1. The van der Waals surface area contributed by atoms with E-state index in [1.165, 1.54) is 21.7 Å². The first-order chi connectivity index (χ1) is 14.3. The van der Waals surface area contributed by atoms with Gasteiger partial charge in [0.15, 0.2) is 6.61 Å². The van der Waals surface area contributed by atoms with Crippen molar-refractivity contribution >= 4 is 38.9 Å². The zero-order valence-corrected chi connectivity index (χ0v) is 18.6. The molecule has 1 aliphatic heterocycles. The summed E-state index contributed by atoms with van der Waals surface area (Å²) in [6.07, 6.45) is 2.73. The molecule has 1 N–H and O–H groups in total. The Morgan fingerprint density at radius 2 is 1.93 bits per heavy atom. The smallest absolute Gasteiger partial charge is 0.312 e. The SMILES string of the molecule is Cc1nc(CC(=O)OCC(=O)Nc2cc(S(=O)(=O)N3CCCCC3)ccc2C)cs1. The van der Waals surface area contributed by atoms with Gasteiger partial charge < -0.3 is 10.1 Å². The van der Waals surface area contributed by atoms with Crippen LogP contribution in [0.15, 0.2) is 28.5 Å². The van der Waals surface area contributed by atoms with E-state index in [2.05, 4.69) is 10.3 Å². The summed E-state index contributed by atoms with van der Waals surface area (Å²) in [6.45, 7) is 4.17. The highest BCUT2D eigenvalue weighted by molar-refractivity contribution is 7.89. The van der Waals surface area contributed by atoms with E-state index in [0.29, 0.717) is 30.0 Å². The third kappa shape index (κ3) is 5.65. The predicted octanol–water partition coefficient (Wildman–Crippen LogP) is 2.66. The molecular weight excluding hydrogens is 426 g/mol. The molecule has 1 aromatic heterocycles. The van der Waals surface area contributed by atoms with Crippen molar-refractivity contribution in [1.29, 1.82) is 0 Å². The van der Waals surface area contributed by atoms with Crippen molar-refractivity contribution < 1.29 is 22.7 Å². The summed E-state index contributed by atoms with van der Waals surface area (Å²) >= 11 is 1.44. The number of thiazole rings is 1. The monoisotopic (exact) mass is 451 g/mol. The van der Waals surface area contributed by atoms with Crippen LogP contribution in [0.3, 0.4) is 0 Å². The highest BCUT2D eigenvalue weighted by atomic mass is 32.2. The van der Waals surface area contributed by atoms with E-state index in [-0.39, 0.29) is 11.3 Å². The summed E-state index contributed by atoms with van der Waals surface area (Å²) in [5, 5.41) is 5.26. The number of benzene rings is 1. The third-order valence-electron chi connectivity index (χ3n) is 4.79. The molecule has 0 unspecified atom stereocenters. The van der Waals surface area contributed by atoms with Gasteiger partial charge in [0.2, 0.25) is 10.0 Å². The Bertz CT molecular complexity index is 1030. The molecule has 0 spiro atoms. The van der Waals surface area contributed by atoms with Gasteiger partial charge in [0.25, 0.3) is 5.91 Å². The minimum atomic E-state index is -3.60. The van der Waals surface area contributed by atoms with Crippen molar-refractivity contribution in [3.05, 3.63) is 39.8 Å². The lowest BCUT2D eigenvalue weighted by Crippen LogP contribution is -2.35. The topological polar surface area (TPSA) is 106 Å². The fourth-order valence-corrected chi connectivity index (χ4v) is 5.33. The zero-order chi connectivity index (χ0) is 21.7. The molecule has 2 aromatic rings. The van der Waals surface area contributed by atoms with Crippen LogP contribution >= 0.6 is 11.3 Å². The lowest BCUT2D eigenvalue weighted by Gasteiger charge is -2.26. The van der Waals surface area contributed by atoms with E-state index in [1.807, 2.05) is 6.92 Å².